The summed E-state index contributed by atoms with van der Waals surface area (Å²) in [6.45, 7) is 6.94. The van der Waals surface area contributed by atoms with Crippen molar-refractivity contribution in [2.75, 3.05) is 26.7 Å². The first-order valence-corrected chi connectivity index (χ1v) is 7.98. The van der Waals surface area contributed by atoms with Crippen molar-refractivity contribution >= 4 is 29.9 Å². The van der Waals surface area contributed by atoms with Gasteiger partial charge in [0.15, 0.2) is 5.96 Å². The molecule has 0 saturated carbocycles. The van der Waals surface area contributed by atoms with Gasteiger partial charge in [-0.25, -0.2) is 4.99 Å². The number of fused-ring (bicyclic) bond motifs is 1. The topological polar surface area (TPSA) is 36.9 Å². The number of para-hydroxylation sites is 1. The molecule has 1 unspecified atom stereocenters. The zero-order valence-electron chi connectivity index (χ0n) is 13.8. The van der Waals surface area contributed by atoms with Crippen LogP contribution in [0.1, 0.15) is 32.3 Å². The average Bonchev–Trinajstić information content (AvgIpc) is 2.91. The van der Waals surface area contributed by atoms with E-state index >= 15 is 0 Å². The lowest BCUT2D eigenvalue weighted by molar-refractivity contribution is 0.241. The van der Waals surface area contributed by atoms with Gasteiger partial charge in [0, 0.05) is 26.6 Å². The summed E-state index contributed by atoms with van der Waals surface area (Å²) in [6, 6.07) is 8.26. The minimum atomic E-state index is 0. The van der Waals surface area contributed by atoms with Crippen molar-refractivity contribution in [3.05, 3.63) is 29.8 Å². The van der Waals surface area contributed by atoms with Gasteiger partial charge in [-0.05, 0) is 25.0 Å². The van der Waals surface area contributed by atoms with E-state index in [0.717, 1.165) is 31.2 Å². The molecule has 1 heterocycles. The van der Waals surface area contributed by atoms with Crippen LogP contribution in [0.25, 0.3) is 0 Å². The smallest absolute Gasteiger partial charge is 0.193 e. The Labute approximate surface area is 151 Å². The van der Waals surface area contributed by atoms with E-state index in [-0.39, 0.29) is 30.1 Å². The maximum Gasteiger partial charge on any atom is 0.193 e. The number of aliphatic imine (C=N–C) groups is 1. The Bertz CT molecular complexity index is 454. The number of unbranched alkanes of at least 4 members (excludes halogenated alkanes) is 1. The Kier molecular flexibility index (Phi) is 8.60. The van der Waals surface area contributed by atoms with Crippen LogP contribution in [0.3, 0.4) is 0 Å². The molecule has 1 N–H and O–H groups in total. The second-order valence-electron chi connectivity index (χ2n) is 5.52. The molecule has 0 spiro atoms. The monoisotopic (exact) mass is 417 g/mol. The lowest BCUT2D eigenvalue weighted by Gasteiger charge is -2.22. The van der Waals surface area contributed by atoms with Crippen LogP contribution < -0.4 is 10.1 Å². The SMILES string of the molecule is CCCCN(C)C(=NCC1Cc2ccccc2O1)NCC.I. The van der Waals surface area contributed by atoms with Crippen molar-refractivity contribution in [3.8, 4) is 5.75 Å². The number of nitrogens with one attached hydrogen (secondary N) is 1. The standard InChI is InChI=1S/C17H27N3O.HI/c1-4-6-11-20(3)17(18-5-2)19-13-15-12-14-9-7-8-10-16(14)21-15;/h7-10,15H,4-6,11-13H2,1-3H3,(H,18,19);1H. The number of benzene rings is 1. The number of rotatable bonds is 6. The number of ether oxygens (including phenoxy) is 1. The Morgan fingerprint density at radius 2 is 2.14 bits per heavy atom. The summed E-state index contributed by atoms with van der Waals surface area (Å²) in [5.41, 5.74) is 1.29. The Hall–Kier alpha value is -0.980. The highest BCUT2D eigenvalue weighted by atomic mass is 127. The lowest BCUT2D eigenvalue weighted by Crippen LogP contribution is -2.40. The average molecular weight is 417 g/mol. The summed E-state index contributed by atoms with van der Waals surface area (Å²) in [7, 11) is 2.10. The number of hydrogen-bond acceptors (Lipinski definition) is 2. The quantitative estimate of drug-likeness (QED) is 0.439. The van der Waals surface area contributed by atoms with Crippen molar-refractivity contribution in [2.45, 2.75) is 39.2 Å². The molecule has 0 saturated heterocycles. The molecule has 2 rings (SSSR count). The second kappa shape index (κ2) is 9.92. The van der Waals surface area contributed by atoms with Gasteiger partial charge in [0.25, 0.3) is 0 Å². The van der Waals surface area contributed by atoms with Crippen LogP contribution >= 0.6 is 24.0 Å². The highest BCUT2D eigenvalue weighted by molar-refractivity contribution is 14.0. The molecule has 0 amide bonds. The third-order valence-electron chi connectivity index (χ3n) is 3.70. The van der Waals surface area contributed by atoms with E-state index in [2.05, 4.69) is 43.2 Å². The molecular weight excluding hydrogens is 389 g/mol. The maximum atomic E-state index is 5.94. The molecule has 1 aliphatic rings. The summed E-state index contributed by atoms with van der Waals surface area (Å²) in [4.78, 5) is 6.94. The number of halogens is 1. The van der Waals surface area contributed by atoms with Crippen LogP contribution in [0.2, 0.25) is 0 Å². The van der Waals surface area contributed by atoms with Crippen molar-refractivity contribution in [3.63, 3.8) is 0 Å². The summed E-state index contributed by atoms with van der Waals surface area (Å²) in [5, 5.41) is 3.36. The van der Waals surface area contributed by atoms with Gasteiger partial charge >= 0.3 is 0 Å². The minimum absolute atomic E-state index is 0. The van der Waals surface area contributed by atoms with Gasteiger partial charge in [0.1, 0.15) is 11.9 Å². The first-order chi connectivity index (χ1) is 10.2. The normalized spacial score (nSPS) is 16.5. The first kappa shape index (κ1) is 19.1. The van der Waals surface area contributed by atoms with Gasteiger partial charge in [-0.3, -0.25) is 0 Å². The summed E-state index contributed by atoms with van der Waals surface area (Å²) < 4.78 is 5.94. The van der Waals surface area contributed by atoms with Gasteiger partial charge in [-0.2, -0.15) is 0 Å². The fraction of sp³-hybridized carbons (Fsp3) is 0.588. The lowest BCUT2D eigenvalue weighted by atomic mass is 10.1. The molecule has 0 bridgehead atoms. The van der Waals surface area contributed by atoms with Crippen molar-refractivity contribution in [2.24, 2.45) is 4.99 Å². The van der Waals surface area contributed by atoms with Crippen LogP contribution in [0, 0.1) is 0 Å². The molecule has 22 heavy (non-hydrogen) atoms. The van der Waals surface area contributed by atoms with E-state index in [9.17, 15) is 0 Å². The van der Waals surface area contributed by atoms with Crippen molar-refractivity contribution in [1.82, 2.24) is 10.2 Å². The Balaban J connectivity index is 0.00000242. The molecule has 0 radical (unpaired) electrons. The molecule has 1 aromatic rings. The van der Waals surface area contributed by atoms with Crippen LogP contribution in [0.15, 0.2) is 29.3 Å². The molecule has 1 atom stereocenters. The molecule has 5 heteroatoms. The maximum absolute atomic E-state index is 5.94. The van der Waals surface area contributed by atoms with E-state index in [1.54, 1.807) is 0 Å². The fourth-order valence-electron chi connectivity index (χ4n) is 2.51. The van der Waals surface area contributed by atoms with Crippen molar-refractivity contribution in [1.29, 1.82) is 0 Å². The number of hydrogen-bond donors (Lipinski definition) is 1. The first-order valence-electron chi connectivity index (χ1n) is 7.98. The third-order valence-corrected chi connectivity index (χ3v) is 3.70. The molecule has 1 aromatic carbocycles. The van der Waals surface area contributed by atoms with Crippen LogP contribution in [-0.4, -0.2) is 43.6 Å². The highest BCUT2D eigenvalue weighted by Gasteiger charge is 2.22. The Morgan fingerprint density at radius 3 is 2.82 bits per heavy atom. The largest absolute Gasteiger partial charge is 0.488 e. The Morgan fingerprint density at radius 1 is 1.36 bits per heavy atom. The predicted octanol–water partition coefficient (Wildman–Crippen LogP) is 3.31. The molecule has 4 nitrogen and oxygen atoms in total. The van der Waals surface area contributed by atoms with Gasteiger partial charge in [0.05, 0.1) is 6.54 Å². The van der Waals surface area contributed by atoms with E-state index < -0.39 is 0 Å². The van der Waals surface area contributed by atoms with E-state index in [1.165, 1.54) is 18.4 Å². The molecular formula is C17H28IN3O. The van der Waals surface area contributed by atoms with Gasteiger partial charge in [-0.1, -0.05) is 31.5 Å². The van der Waals surface area contributed by atoms with E-state index in [0.29, 0.717) is 6.54 Å². The van der Waals surface area contributed by atoms with Crippen molar-refractivity contribution < 1.29 is 4.74 Å². The number of guanidine groups is 1. The molecule has 1 aliphatic heterocycles. The molecule has 0 aliphatic carbocycles. The van der Waals surface area contributed by atoms with Gasteiger partial charge in [0.2, 0.25) is 0 Å². The van der Waals surface area contributed by atoms with E-state index in [4.69, 9.17) is 9.73 Å². The van der Waals surface area contributed by atoms with Crippen LogP contribution in [0.5, 0.6) is 5.75 Å². The third kappa shape index (κ3) is 5.34. The summed E-state index contributed by atoms with van der Waals surface area (Å²) >= 11 is 0. The zero-order valence-corrected chi connectivity index (χ0v) is 16.2. The molecule has 124 valence electrons. The van der Waals surface area contributed by atoms with Gasteiger partial charge in [-0.15, -0.1) is 24.0 Å². The van der Waals surface area contributed by atoms with Gasteiger partial charge < -0.3 is 15.0 Å². The molecule has 0 aromatic heterocycles. The highest BCUT2D eigenvalue weighted by Crippen LogP contribution is 2.28. The van der Waals surface area contributed by atoms with E-state index in [1.807, 2.05) is 12.1 Å². The molecule has 0 fully saturated rings. The van der Waals surface area contributed by atoms with Crippen LogP contribution in [-0.2, 0) is 6.42 Å². The summed E-state index contributed by atoms with van der Waals surface area (Å²) in [6.07, 6.45) is 3.50. The second-order valence-corrected chi connectivity index (χ2v) is 5.52. The predicted molar refractivity (Wildman–Crippen MR) is 103 cm³/mol. The van der Waals surface area contributed by atoms with Crippen LogP contribution in [0.4, 0.5) is 0 Å². The fourth-order valence-corrected chi connectivity index (χ4v) is 2.51. The minimum Gasteiger partial charge on any atom is -0.488 e. The summed E-state index contributed by atoms with van der Waals surface area (Å²) in [5.74, 6) is 1.99. The zero-order chi connectivity index (χ0) is 15.1. The number of nitrogens with zero attached hydrogens (tertiary/aromatic N) is 2.